The third kappa shape index (κ3) is 4.71. The van der Waals surface area contributed by atoms with Crippen LogP contribution >= 0.6 is 0 Å². The van der Waals surface area contributed by atoms with Gasteiger partial charge in [0.2, 0.25) is 5.91 Å². The fourth-order valence-electron chi connectivity index (χ4n) is 3.62. The average molecular weight is 342 g/mol. The molecule has 1 fully saturated rings. The van der Waals surface area contributed by atoms with Crippen molar-refractivity contribution in [2.45, 2.75) is 50.8 Å². The molecular formula is C20H26N2O3. The van der Waals surface area contributed by atoms with Crippen LogP contribution in [0.2, 0.25) is 0 Å². The second-order valence-electron chi connectivity index (χ2n) is 6.81. The number of nitrogens with zero attached hydrogens (tertiary/aromatic N) is 1. The van der Waals surface area contributed by atoms with Crippen molar-refractivity contribution in [2.24, 2.45) is 5.73 Å². The van der Waals surface area contributed by atoms with Gasteiger partial charge in [0.1, 0.15) is 11.9 Å². The van der Waals surface area contributed by atoms with Crippen molar-refractivity contribution in [3.8, 4) is 0 Å². The second kappa shape index (κ2) is 8.32. The SMILES string of the molecule is NC(=O)c1cccc(CN2CCCCC[C@H]2C[C@@H](O)c2ccco2)c1. The zero-order valence-corrected chi connectivity index (χ0v) is 14.4. The highest BCUT2D eigenvalue weighted by atomic mass is 16.4. The number of aliphatic hydroxyl groups excluding tert-OH is 1. The Balaban J connectivity index is 1.72. The molecule has 0 bridgehead atoms. The van der Waals surface area contributed by atoms with Gasteiger partial charge in [-0.2, -0.15) is 0 Å². The highest BCUT2D eigenvalue weighted by Crippen LogP contribution is 2.28. The smallest absolute Gasteiger partial charge is 0.248 e. The molecule has 25 heavy (non-hydrogen) atoms. The Hall–Kier alpha value is -2.11. The summed E-state index contributed by atoms with van der Waals surface area (Å²) in [5.41, 5.74) is 7.01. The van der Waals surface area contributed by atoms with Crippen molar-refractivity contribution in [2.75, 3.05) is 6.54 Å². The summed E-state index contributed by atoms with van der Waals surface area (Å²) in [7, 11) is 0. The molecule has 2 aromatic rings. The van der Waals surface area contributed by atoms with Gasteiger partial charge < -0.3 is 15.3 Å². The van der Waals surface area contributed by atoms with E-state index >= 15 is 0 Å². The molecule has 134 valence electrons. The Morgan fingerprint density at radius 1 is 1.28 bits per heavy atom. The predicted molar refractivity (Wildman–Crippen MR) is 95.9 cm³/mol. The van der Waals surface area contributed by atoms with Gasteiger partial charge in [-0.25, -0.2) is 0 Å². The fraction of sp³-hybridized carbons (Fsp3) is 0.450. The highest BCUT2D eigenvalue weighted by Gasteiger charge is 2.25. The van der Waals surface area contributed by atoms with E-state index in [9.17, 15) is 9.90 Å². The minimum atomic E-state index is -0.586. The van der Waals surface area contributed by atoms with Gasteiger partial charge in [0.15, 0.2) is 0 Å². The highest BCUT2D eigenvalue weighted by molar-refractivity contribution is 5.92. The van der Waals surface area contributed by atoms with Crippen LogP contribution in [0.5, 0.6) is 0 Å². The molecule has 5 nitrogen and oxygen atoms in total. The quantitative estimate of drug-likeness (QED) is 0.844. The molecule has 2 heterocycles. The topological polar surface area (TPSA) is 79.7 Å². The molecule has 1 aliphatic rings. The summed E-state index contributed by atoms with van der Waals surface area (Å²) < 4.78 is 5.34. The lowest BCUT2D eigenvalue weighted by Crippen LogP contribution is -2.35. The van der Waals surface area contributed by atoms with E-state index < -0.39 is 12.0 Å². The molecule has 1 amide bonds. The van der Waals surface area contributed by atoms with Crippen LogP contribution in [0.3, 0.4) is 0 Å². The van der Waals surface area contributed by atoms with Crippen LogP contribution in [0, 0.1) is 0 Å². The minimum Gasteiger partial charge on any atom is -0.467 e. The molecule has 3 rings (SSSR count). The van der Waals surface area contributed by atoms with Gasteiger partial charge in [0.25, 0.3) is 0 Å². The normalized spacial score (nSPS) is 20.1. The Labute approximate surface area is 148 Å². The number of rotatable bonds is 6. The van der Waals surface area contributed by atoms with Crippen molar-refractivity contribution in [1.82, 2.24) is 4.90 Å². The van der Waals surface area contributed by atoms with Crippen molar-refractivity contribution >= 4 is 5.91 Å². The summed E-state index contributed by atoms with van der Waals surface area (Å²) in [4.78, 5) is 13.8. The maximum atomic E-state index is 11.4. The third-order valence-electron chi connectivity index (χ3n) is 4.96. The molecule has 0 aliphatic carbocycles. The zero-order chi connectivity index (χ0) is 17.6. The van der Waals surface area contributed by atoms with Crippen LogP contribution in [0.25, 0.3) is 0 Å². The largest absolute Gasteiger partial charge is 0.467 e. The van der Waals surface area contributed by atoms with Crippen molar-refractivity contribution < 1.29 is 14.3 Å². The number of furan rings is 1. The van der Waals surface area contributed by atoms with Gasteiger partial charge in [-0.15, -0.1) is 0 Å². The van der Waals surface area contributed by atoms with Crippen molar-refractivity contribution in [1.29, 1.82) is 0 Å². The van der Waals surface area contributed by atoms with Crippen LogP contribution in [0.1, 0.15) is 59.9 Å². The summed E-state index contributed by atoms with van der Waals surface area (Å²) >= 11 is 0. The number of primary amides is 1. The van der Waals surface area contributed by atoms with E-state index in [1.165, 1.54) is 12.8 Å². The first-order valence-electron chi connectivity index (χ1n) is 8.98. The van der Waals surface area contributed by atoms with E-state index in [0.717, 1.165) is 31.5 Å². The van der Waals surface area contributed by atoms with Gasteiger partial charge in [-0.05, 0) is 55.6 Å². The number of hydrogen-bond donors (Lipinski definition) is 2. The third-order valence-corrected chi connectivity index (χ3v) is 4.96. The number of likely N-dealkylation sites (tertiary alicyclic amines) is 1. The summed E-state index contributed by atoms with van der Waals surface area (Å²) in [6.45, 7) is 1.76. The van der Waals surface area contributed by atoms with Crippen LogP contribution in [0.15, 0.2) is 47.1 Å². The van der Waals surface area contributed by atoms with Crippen molar-refractivity contribution in [3.05, 3.63) is 59.5 Å². The van der Waals surface area contributed by atoms with Crippen LogP contribution in [-0.4, -0.2) is 28.5 Å². The van der Waals surface area contributed by atoms with Gasteiger partial charge in [-0.1, -0.05) is 25.0 Å². The number of nitrogens with two attached hydrogens (primary N) is 1. The van der Waals surface area contributed by atoms with E-state index in [1.54, 1.807) is 18.4 Å². The summed E-state index contributed by atoms with van der Waals surface area (Å²) in [6.07, 6.45) is 6.27. The van der Waals surface area contributed by atoms with E-state index in [0.29, 0.717) is 23.8 Å². The average Bonchev–Trinajstić information content (AvgIpc) is 3.06. The first-order valence-corrected chi connectivity index (χ1v) is 8.98. The van der Waals surface area contributed by atoms with E-state index in [2.05, 4.69) is 4.90 Å². The molecule has 1 aromatic heterocycles. The molecule has 3 N–H and O–H groups in total. The lowest BCUT2D eigenvalue weighted by atomic mass is 10.0. The number of carbonyl (C=O) groups excluding carboxylic acids is 1. The molecule has 0 radical (unpaired) electrons. The Bertz CT molecular complexity index is 684. The summed E-state index contributed by atoms with van der Waals surface area (Å²) in [6, 6.07) is 11.4. The Morgan fingerprint density at radius 3 is 2.92 bits per heavy atom. The van der Waals surface area contributed by atoms with Gasteiger partial charge in [-0.3, -0.25) is 9.69 Å². The lowest BCUT2D eigenvalue weighted by molar-refractivity contribution is 0.0830. The maximum Gasteiger partial charge on any atom is 0.248 e. The number of carbonyl (C=O) groups is 1. The van der Waals surface area contributed by atoms with E-state index in [1.807, 2.05) is 24.3 Å². The number of hydrogen-bond acceptors (Lipinski definition) is 4. The minimum absolute atomic E-state index is 0.292. The molecule has 0 spiro atoms. The molecule has 1 aliphatic heterocycles. The van der Waals surface area contributed by atoms with Crippen LogP contribution < -0.4 is 5.73 Å². The van der Waals surface area contributed by atoms with Crippen molar-refractivity contribution in [3.63, 3.8) is 0 Å². The monoisotopic (exact) mass is 342 g/mol. The second-order valence-corrected chi connectivity index (χ2v) is 6.81. The summed E-state index contributed by atoms with van der Waals surface area (Å²) in [5.74, 6) is 0.224. The first-order chi connectivity index (χ1) is 12.1. The number of aliphatic hydroxyl groups is 1. The first kappa shape index (κ1) is 17.7. The molecule has 0 saturated carbocycles. The summed E-state index contributed by atoms with van der Waals surface area (Å²) in [5, 5.41) is 10.5. The Morgan fingerprint density at radius 2 is 2.16 bits per heavy atom. The lowest BCUT2D eigenvalue weighted by Gasteiger charge is -2.31. The van der Waals surface area contributed by atoms with Gasteiger partial charge in [0.05, 0.1) is 6.26 Å². The standard InChI is InChI=1S/C20H26N2O3/c21-20(24)16-7-4-6-15(12-16)14-22-10-3-1-2-8-17(22)13-18(23)19-9-5-11-25-19/h4-7,9,11-12,17-18,23H,1-3,8,10,13-14H2,(H2,21,24)/t17-,18+/m0/s1. The maximum absolute atomic E-state index is 11.4. The zero-order valence-electron chi connectivity index (χ0n) is 14.4. The van der Waals surface area contributed by atoms with Crippen LogP contribution in [0.4, 0.5) is 0 Å². The van der Waals surface area contributed by atoms with Gasteiger partial charge in [0, 0.05) is 18.2 Å². The van der Waals surface area contributed by atoms with E-state index in [4.69, 9.17) is 10.2 Å². The number of amides is 1. The predicted octanol–water partition coefficient (Wildman–Crippen LogP) is 3.25. The molecule has 1 saturated heterocycles. The molecule has 1 aromatic carbocycles. The fourth-order valence-corrected chi connectivity index (χ4v) is 3.62. The van der Waals surface area contributed by atoms with Crippen LogP contribution in [-0.2, 0) is 6.54 Å². The molecular weight excluding hydrogens is 316 g/mol. The molecule has 5 heteroatoms. The van der Waals surface area contributed by atoms with Gasteiger partial charge >= 0.3 is 0 Å². The Kier molecular flexibility index (Phi) is 5.89. The number of benzene rings is 1. The molecule has 2 atom stereocenters. The molecule has 0 unspecified atom stereocenters. The van der Waals surface area contributed by atoms with E-state index in [-0.39, 0.29) is 0 Å².